The van der Waals surface area contributed by atoms with Crippen molar-refractivity contribution in [3.05, 3.63) is 53.9 Å². The van der Waals surface area contributed by atoms with E-state index in [2.05, 4.69) is 30.1 Å². The third-order valence-electron chi connectivity index (χ3n) is 2.42. The predicted octanol–water partition coefficient (Wildman–Crippen LogP) is 3.80. The zero-order chi connectivity index (χ0) is 10.7. The Morgan fingerprint density at radius 1 is 1.13 bits per heavy atom. The Morgan fingerprint density at radius 3 is 2.53 bits per heavy atom. The number of halogens is 1. The number of pyridine rings is 1. The molecule has 0 radical (unpaired) electrons. The van der Waals surface area contributed by atoms with E-state index in [-0.39, 0.29) is 0 Å². The van der Waals surface area contributed by atoms with Gasteiger partial charge in [-0.3, -0.25) is 4.98 Å². The van der Waals surface area contributed by atoms with E-state index in [9.17, 15) is 0 Å². The van der Waals surface area contributed by atoms with Crippen molar-refractivity contribution in [1.29, 1.82) is 0 Å². The molecule has 1 heterocycles. The molecule has 15 heavy (non-hydrogen) atoms. The predicted molar refractivity (Wildman–Crippen MR) is 64.0 cm³/mol. The molecule has 0 unspecified atom stereocenters. The molecule has 1 nitrogen and oxygen atoms in total. The molecule has 0 aliphatic rings. The molecule has 1 aromatic heterocycles. The van der Waals surface area contributed by atoms with E-state index in [1.54, 1.807) is 0 Å². The standard InChI is InChI=1S/C13H12ClN/c1-10-4-2-3-5-13(10)11-6-7-12(8-14)15-9-11/h2-7,9H,8H2,1H3. The van der Waals surface area contributed by atoms with Gasteiger partial charge in [0.25, 0.3) is 0 Å². The van der Waals surface area contributed by atoms with Crippen molar-refractivity contribution < 1.29 is 0 Å². The molecule has 0 spiro atoms. The first-order chi connectivity index (χ1) is 7.31. The minimum absolute atomic E-state index is 0.466. The maximum absolute atomic E-state index is 5.69. The third-order valence-corrected chi connectivity index (χ3v) is 2.69. The van der Waals surface area contributed by atoms with Gasteiger partial charge < -0.3 is 0 Å². The maximum atomic E-state index is 5.69. The first-order valence-electron chi connectivity index (χ1n) is 4.88. The summed E-state index contributed by atoms with van der Waals surface area (Å²) in [6, 6.07) is 12.3. The first kappa shape index (κ1) is 10.2. The molecule has 0 aliphatic heterocycles. The van der Waals surface area contributed by atoms with Crippen LogP contribution in [0.5, 0.6) is 0 Å². The van der Waals surface area contributed by atoms with Gasteiger partial charge in [0.2, 0.25) is 0 Å². The number of alkyl halides is 1. The summed E-state index contributed by atoms with van der Waals surface area (Å²) in [5.74, 6) is 0.466. The minimum Gasteiger partial charge on any atom is -0.259 e. The summed E-state index contributed by atoms with van der Waals surface area (Å²) in [7, 11) is 0. The van der Waals surface area contributed by atoms with Gasteiger partial charge in [0.1, 0.15) is 0 Å². The topological polar surface area (TPSA) is 12.9 Å². The van der Waals surface area contributed by atoms with Crippen LogP contribution >= 0.6 is 11.6 Å². The number of rotatable bonds is 2. The summed E-state index contributed by atoms with van der Waals surface area (Å²) >= 11 is 5.69. The Kier molecular flexibility index (Phi) is 3.02. The molecular weight excluding hydrogens is 206 g/mol. The van der Waals surface area contributed by atoms with Crippen LogP contribution in [0.3, 0.4) is 0 Å². The van der Waals surface area contributed by atoms with E-state index in [0.717, 1.165) is 11.3 Å². The van der Waals surface area contributed by atoms with Crippen LogP contribution in [0, 0.1) is 6.92 Å². The number of aromatic nitrogens is 1. The monoisotopic (exact) mass is 217 g/mol. The molecule has 0 saturated heterocycles. The van der Waals surface area contributed by atoms with E-state index < -0.39 is 0 Å². The van der Waals surface area contributed by atoms with E-state index in [1.807, 2.05) is 24.4 Å². The zero-order valence-electron chi connectivity index (χ0n) is 8.57. The van der Waals surface area contributed by atoms with Crippen molar-refractivity contribution in [3.63, 3.8) is 0 Å². The van der Waals surface area contributed by atoms with E-state index in [1.165, 1.54) is 11.1 Å². The van der Waals surface area contributed by atoms with Gasteiger partial charge in [-0.15, -0.1) is 11.6 Å². The highest BCUT2D eigenvalue weighted by Crippen LogP contribution is 2.22. The second-order valence-corrected chi connectivity index (χ2v) is 3.75. The highest BCUT2D eigenvalue weighted by molar-refractivity contribution is 6.16. The molecule has 0 atom stereocenters. The Morgan fingerprint density at radius 2 is 1.93 bits per heavy atom. The molecule has 0 fully saturated rings. The van der Waals surface area contributed by atoms with Gasteiger partial charge in [0.05, 0.1) is 11.6 Å². The van der Waals surface area contributed by atoms with E-state index in [4.69, 9.17) is 11.6 Å². The second-order valence-electron chi connectivity index (χ2n) is 3.49. The Bertz CT molecular complexity index is 448. The summed E-state index contributed by atoms with van der Waals surface area (Å²) in [4.78, 5) is 4.28. The molecule has 2 heteroatoms. The lowest BCUT2D eigenvalue weighted by molar-refractivity contribution is 1.17. The smallest absolute Gasteiger partial charge is 0.0647 e. The second kappa shape index (κ2) is 4.45. The van der Waals surface area contributed by atoms with Gasteiger partial charge in [0.15, 0.2) is 0 Å². The van der Waals surface area contributed by atoms with Crippen molar-refractivity contribution in [1.82, 2.24) is 4.98 Å². The van der Waals surface area contributed by atoms with Crippen molar-refractivity contribution in [2.75, 3.05) is 0 Å². The van der Waals surface area contributed by atoms with E-state index >= 15 is 0 Å². The summed E-state index contributed by atoms with van der Waals surface area (Å²) in [5.41, 5.74) is 4.54. The van der Waals surface area contributed by atoms with Crippen molar-refractivity contribution in [2.24, 2.45) is 0 Å². The minimum atomic E-state index is 0.466. The fourth-order valence-electron chi connectivity index (χ4n) is 1.56. The van der Waals surface area contributed by atoms with Crippen LogP contribution in [0.1, 0.15) is 11.3 Å². The lowest BCUT2D eigenvalue weighted by Gasteiger charge is -2.05. The van der Waals surface area contributed by atoms with Gasteiger partial charge in [-0.25, -0.2) is 0 Å². The summed E-state index contributed by atoms with van der Waals surface area (Å²) in [5, 5.41) is 0. The first-order valence-corrected chi connectivity index (χ1v) is 5.41. The van der Waals surface area contributed by atoms with Crippen molar-refractivity contribution in [2.45, 2.75) is 12.8 Å². The number of nitrogens with zero attached hydrogens (tertiary/aromatic N) is 1. The fourth-order valence-corrected chi connectivity index (χ4v) is 1.72. The molecule has 1 aromatic carbocycles. The van der Waals surface area contributed by atoms with Crippen LogP contribution in [-0.2, 0) is 5.88 Å². The van der Waals surface area contributed by atoms with Crippen molar-refractivity contribution in [3.8, 4) is 11.1 Å². The summed E-state index contributed by atoms with van der Waals surface area (Å²) < 4.78 is 0. The highest BCUT2D eigenvalue weighted by Gasteiger charge is 2.00. The molecule has 0 bridgehead atoms. The quantitative estimate of drug-likeness (QED) is 0.698. The Balaban J connectivity index is 2.42. The highest BCUT2D eigenvalue weighted by atomic mass is 35.5. The number of hydrogen-bond donors (Lipinski definition) is 0. The molecule has 0 amide bonds. The number of benzene rings is 1. The van der Waals surface area contributed by atoms with Gasteiger partial charge >= 0.3 is 0 Å². The molecule has 0 aliphatic carbocycles. The van der Waals surface area contributed by atoms with Crippen LogP contribution in [0.2, 0.25) is 0 Å². The Labute approximate surface area is 94.7 Å². The Hall–Kier alpha value is -1.34. The number of aryl methyl sites for hydroxylation is 1. The molecule has 0 saturated carbocycles. The average molecular weight is 218 g/mol. The van der Waals surface area contributed by atoms with Crippen LogP contribution in [-0.4, -0.2) is 4.98 Å². The summed E-state index contributed by atoms with van der Waals surface area (Å²) in [6.07, 6.45) is 1.88. The number of hydrogen-bond acceptors (Lipinski definition) is 1. The van der Waals surface area contributed by atoms with Crippen LogP contribution in [0.15, 0.2) is 42.6 Å². The molecule has 2 rings (SSSR count). The lowest BCUT2D eigenvalue weighted by atomic mass is 10.0. The van der Waals surface area contributed by atoms with Crippen LogP contribution < -0.4 is 0 Å². The van der Waals surface area contributed by atoms with Gasteiger partial charge in [-0.2, -0.15) is 0 Å². The third kappa shape index (κ3) is 2.18. The molecule has 2 aromatic rings. The lowest BCUT2D eigenvalue weighted by Crippen LogP contribution is -1.87. The van der Waals surface area contributed by atoms with Gasteiger partial charge in [0, 0.05) is 11.8 Å². The summed E-state index contributed by atoms with van der Waals surface area (Å²) in [6.45, 7) is 2.10. The normalized spacial score (nSPS) is 10.3. The SMILES string of the molecule is Cc1ccccc1-c1ccc(CCl)nc1. The molecular formula is C13H12ClN. The molecule has 76 valence electrons. The maximum Gasteiger partial charge on any atom is 0.0647 e. The van der Waals surface area contributed by atoms with Gasteiger partial charge in [-0.05, 0) is 24.1 Å². The van der Waals surface area contributed by atoms with Crippen LogP contribution in [0.4, 0.5) is 0 Å². The van der Waals surface area contributed by atoms with Crippen molar-refractivity contribution >= 4 is 11.6 Å². The van der Waals surface area contributed by atoms with Gasteiger partial charge in [-0.1, -0.05) is 30.3 Å². The van der Waals surface area contributed by atoms with Crippen LogP contribution in [0.25, 0.3) is 11.1 Å². The fraction of sp³-hybridized carbons (Fsp3) is 0.154. The van der Waals surface area contributed by atoms with E-state index in [0.29, 0.717) is 5.88 Å². The molecule has 0 N–H and O–H groups in total. The largest absolute Gasteiger partial charge is 0.259 e. The zero-order valence-corrected chi connectivity index (χ0v) is 9.33. The average Bonchev–Trinajstić information content (AvgIpc) is 2.30.